The van der Waals surface area contributed by atoms with Crippen LogP contribution in [0.4, 0.5) is 26.2 Å². The van der Waals surface area contributed by atoms with Crippen LogP contribution in [0.25, 0.3) is 0 Å². The number of hydrogen-bond acceptors (Lipinski definition) is 5. The van der Waals surface area contributed by atoms with Gasteiger partial charge in [0.1, 0.15) is 17.5 Å². The van der Waals surface area contributed by atoms with Gasteiger partial charge in [0.15, 0.2) is 0 Å². The molecule has 3 rings (SSSR count). The van der Waals surface area contributed by atoms with Crippen molar-refractivity contribution >= 4 is 17.5 Å². The highest BCUT2D eigenvalue weighted by atomic mass is 19.3. The zero-order chi connectivity index (χ0) is 14.9. The van der Waals surface area contributed by atoms with Crippen molar-refractivity contribution < 1.29 is 8.78 Å². The van der Waals surface area contributed by atoms with Crippen LogP contribution in [0.2, 0.25) is 0 Å². The summed E-state index contributed by atoms with van der Waals surface area (Å²) in [7, 11) is 0. The van der Waals surface area contributed by atoms with E-state index in [2.05, 4.69) is 20.3 Å². The van der Waals surface area contributed by atoms with Gasteiger partial charge in [0.05, 0.1) is 24.6 Å². The number of aryl methyl sites for hydroxylation is 1. The number of rotatable bonds is 3. The van der Waals surface area contributed by atoms with E-state index >= 15 is 0 Å². The summed E-state index contributed by atoms with van der Waals surface area (Å²) >= 11 is 0. The molecule has 1 aliphatic rings. The van der Waals surface area contributed by atoms with Gasteiger partial charge in [0.2, 0.25) is 0 Å². The first-order chi connectivity index (χ1) is 10.0. The molecule has 2 aromatic rings. The van der Waals surface area contributed by atoms with Gasteiger partial charge in [-0.2, -0.15) is 0 Å². The molecule has 0 saturated carbocycles. The highest BCUT2D eigenvalue weighted by Gasteiger charge is 2.38. The summed E-state index contributed by atoms with van der Waals surface area (Å²) in [5, 5.41) is 3.02. The molecule has 21 heavy (non-hydrogen) atoms. The lowest BCUT2D eigenvalue weighted by molar-refractivity contribution is 0.0256. The van der Waals surface area contributed by atoms with E-state index in [1.807, 2.05) is 6.92 Å². The molecule has 0 aromatic carbocycles. The maximum atomic E-state index is 13.3. The molecule has 0 aliphatic carbocycles. The molecule has 2 aromatic heterocycles. The smallest absolute Gasteiger partial charge is 0.266 e. The Labute approximate surface area is 121 Å². The van der Waals surface area contributed by atoms with E-state index in [4.69, 9.17) is 0 Å². The topological polar surface area (TPSA) is 53.9 Å². The maximum absolute atomic E-state index is 13.3. The molecule has 0 atom stereocenters. The minimum absolute atomic E-state index is 0.129. The van der Waals surface area contributed by atoms with Gasteiger partial charge >= 0.3 is 0 Å². The van der Waals surface area contributed by atoms with E-state index in [0.29, 0.717) is 24.0 Å². The fraction of sp³-hybridized carbons (Fsp3) is 0.357. The third kappa shape index (κ3) is 3.24. The SMILES string of the molecule is Cc1cnc(Nc2cccc(N3CCC(F)(F)C3)n2)cn1. The highest BCUT2D eigenvalue weighted by Crippen LogP contribution is 2.30. The van der Waals surface area contributed by atoms with Crippen LogP contribution < -0.4 is 10.2 Å². The molecule has 1 saturated heterocycles. The molecule has 5 nitrogen and oxygen atoms in total. The van der Waals surface area contributed by atoms with Crippen molar-refractivity contribution in [1.29, 1.82) is 0 Å². The normalized spacial score (nSPS) is 17.0. The van der Waals surface area contributed by atoms with E-state index in [1.54, 1.807) is 35.5 Å². The summed E-state index contributed by atoms with van der Waals surface area (Å²) in [6, 6.07) is 5.27. The van der Waals surface area contributed by atoms with Crippen molar-refractivity contribution in [1.82, 2.24) is 15.0 Å². The zero-order valence-corrected chi connectivity index (χ0v) is 11.6. The largest absolute Gasteiger partial charge is 0.350 e. The molecule has 0 bridgehead atoms. The Hall–Kier alpha value is -2.31. The first-order valence-corrected chi connectivity index (χ1v) is 6.67. The van der Waals surface area contributed by atoms with Crippen LogP contribution >= 0.6 is 0 Å². The Balaban J connectivity index is 1.76. The fourth-order valence-corrected chi connectivity index (χ4v) is 2.19. The molecule has 0 amide bonds. The van der Waals surface area contributed by atoms with Gasteiger partial charge in [-0.05, 0) is 19.1 Å². The van der Waals surface area contributed by atoms with Crippen molar-refractivity contribution in [3.63, 3.8) is 0 Å². The number of nitrogens with one attached hydrogen (secondary N) is 1. The van der Waals surface area contributed by atoms with E-state index < -0.39 is 5.92 Å². The third-order valence-electron chi connectivity index (χ3n) is 3.27. The van der Waals surface area contributed by atoms with Gasteiger partial charge in [-0.3, -0.25) is 4.98 Å². The van der Waals surface area contributed by atoms with Crippen molar-refractivity contribution in [2.24, 2.45) is 0 Å². The number of anilines is 3. The van der Waals surface area contributed by atoms with E-state index in [9.17, 15) is 8.78 Å². The predicted octanol–water partition coefficient (Wildman–Crippen LogP) is 2.77. The number of nitrogens with zero attached hydrogens (tertiary/aromatic N) is 4. The van der Waals surface area contributed by atoms with E-state index in [-0.39, 0.29) is 13.0 Å². The molecule has 7 heteroatoms. The summed E-state index contributed by atoms with van der Waals surface area (Å²) in [6.45, 7) is 1.88. The van der Waals surface area contributed by atoms with Crippen LogP contribution in [0.5, 0.6) is 0 Å². The number of alkyl halides is 2. The molecule has 3 heterocycles. The number of aromatic nitrogens is 3. The lowest BCUT2D eigenvalue weighted by Crippen LogP contribution is -2.25. The zero-order valence-electron chi connectivity index (χ0n) is 11.6. The average molecular weight is 291 g/mol. The average Bonchev–Trinajstić information content (AvgIpc) is 2.82. The van der Waals surface area contributed by atoms with Gasteiger partial charge in [0, 0.05) is 13.0 Å². The van der Waals surface area contributed by atoms with Crippen molar-refractivity contribution in [2.45, 2.75) is 19.3 Å². The lowest BCUT2D eigenvalue weighted by Gasteiger charge is -2.17. The third-order valence-corrected chi connectivity index (χ3v) is 3.27. The summed E-state index contributed by atoms with van der Waals surface area (Å²) in [5.74, 6) is -0.969. The van der Waals surface area contributed by atoms with Crippen LogP contribution in [0.1, 0.15) is 12.1 Å². The fourth-order valence-electron chi connectivity index (χ4n) is 2.19. The molecule has 1 N–H and O–H groups in total. The molecule has 1 aliphatic heterocycles. The summed E-state index contributed by atoms with van der Waals surface area (Å²) in [6.07, 6.45) is 3.12. The second-order valence-corrected chi connectivity index (χ2v) is 5.08. The molecular weight excluding hydrogens is 276 g/mol. The van der Waals surface area contributed by atoms with Crippen LogP contribution in [0.3, 0.4) is 0 Å². The Morgan fingerprint density at radius 3 is 2.71 bits per heavy atom. The van der Waals surface area contributed by atoms with Gasteiger partial charge in [-0.1, -0.05) is 6.07 Å². The summed E-state index contributed by atoms with van der Waals surface area (Å²) in [5.41, 5.74) is 0.821. The molecule has 0 radical (unpaired) electrons. The first kappa shape index (κ1) is 13.7. The van der Waals surface area contributed by atoms with Crippen molar-refractivity contribution in [3.8, 4) is 0 Å². The van der Waals surface area contributed by atoms with Crippen LogP contribution in [0, 0.1) is 6.92 Å². The Morgan fingerprint density at radius 1 is 1.19 bits per heavy atom. The number of halogens is 2. The predicted molar refractivity (Wildman–Crippen MR) is 76.1 cm³/mol. The lowest BCUT2D eigenvalue weighted by atomic mass is 10.3. The second kappa shape index (κ2) is 5.23. The summed E-state index contributed by atoms with van der Waals surface area (Å²) < 4.78 is 26.5. The molecular formula is C14H15F2N5. The van der Waals surface area contributed by atoms with Crippen LogP contribution in [-0.4, -0.2) is 34.0 Å². The van der Waals surface area contributed by atoms with Gasteiger partial charge < -0.3 is 10.2 Å². The van der Waals surface area contributed by atoms with E-state index in [0.717, 1.165) is 5.69 Å². The highest BCUT2D eigenvalue weighted by molar-refractivity contribution is 5.54. The Kier molecular flexibility index (Phi) is 3.40. The molecule has 110 valence electrons. The van der Waals surface area contributed by atoms with Crippen molar-refractivity contribution in [2.75, 3.05) is 23.3 Å². The Bertz CT molecular complexity index is 630. The monoisotopic (exact) mass is 291 g/mol. The van der Waals surface area contributed by atoms with Gasteiger partial charge in [0.25, 0.3) is 5.92 Å². The summed E-state index contributed by atoms with van der Waals surface area (Å²) in [4.78, 5) is 14.2. The standard InChI is InChI=1S/C14H15F2N5/c1-10-7-18-12(8-17-10)19-11-3-2-4-13(20-11)21-6-5-14(15,16)9-21/h2-4,7-8H,5-6,9H2,1H3,(H,18,19,20). The first-order valence-electron chi connectivity index (χ1n) is 6.67. The molecule has 0 unspecified atom stereocenters. The number of hydrogen-bond donors (Lipinski definition) is 1. The molecule has 1 fully saturated rings. The van der Waals surface area contributed by atoms with E-state index in [1.165, 1.54) is 0 Å². The molecule has 0 spiro atoms. The quantitative estimate of drug-likeness (QED) is 0.942. The Morgan fingerprint density at radius 2 is 2.05 bits per heavy atom. The maximum Gasteiger partial charge on any atom is 0.266 e. The number of pyridine rings is 1. The van der Waals surface area contributed by atoms with Crippen LogP contribution in [-0.2, 0) is 0 Å². The minimum Gasteiger partial charge on any atom is -0.350 e. The second-order valence-electron chi connectivity index (χ2n) is 5.08. The van der Waals surface area contributed by atoms with Crippen LogP contribution in [0.15, 0.2) is 30.6 Å². The van der Waals surface area contributed by atoms with Gasteiger partial charge in [-0.25, -0.2) is 18.7 Å². The van der Waals surface area contributed by atoms with Crippen molar-refractivity contribution in [3.05, 3.63) is 36.3 Å². The van der Waals surface area contributed by atoms with Gasteiger partial charge in [-0.15, -0.1) is 0 Å². The minimum atomic E-state index is -2.63.